The van der Waals surface area contributed by atoms with Crippen LogP contribution in [0.5, 0.6) is 0 Å². The standard InChI is InChI=1S/C10H7ClN2O5/c11-7-2-1-5(13(16)17)3-6(7)8-4-9(10(14)15)18-12-8/h1-3,9H,4H2,(H,14,15). The highest BCUT2D eigenvalue weighted by Crippen LogP contribution is 2.26. The summed E-state index contributed by atoms with van der Waals surface area (Å²) in [4.78, 5) is 25.5. The Kier molecular flexibility index (Phi) is 3.15. The second-order valence-electron chi connectivity index (χ2n) is 3.60. The van der Waals surface area contributed by atoms with E-state index < -0.39 is 17.0 Å². The number of nitrogens with zero attached hydrogens (tertiary/aromatic N) is 2. The average Bonchev–Trinajstić information content (AvgIpc) is 2.78. The van der Waals surface area contributed by atoms with Gasteiger partial charge in [0.1, 0.15) is 0 Å². The Balaban J connectivity index is 2.32. The van der Waals surface area contributed by atoms with E-state index in [1.165, 1.54) is 18.2 Å². The van der Waals surface area contributed by atoms with Crippen LogP contribution in [0.4, 0.5) is 5.69 Å². The first-order valence-electron chi connectivity index (χ1n) is 4.89. The number of carbonyl (C=O) groups is 1. The molecule has 1 aromatic rings. The lowest BCUT2D eigenvalue weighted by atomic mass is 10.0. The van der Waals surface area contributed by atoms with Gasteiger partial charge in [0, 0.05) is 24.1 Å². The van der Waals surface area contributed by atoms with Crippen LogP contribution in [0.25, 0.3) is 0 Å². The van der Waals surface area contributed by atoms with Gasteiger partial charge in [0.05, 0.1) is 15.7 Å². The maximum Gasteiger partial charge on any atom is 0.348 e. The van der Waals surface area contributed by atoms with Crippen molar-refractivity contribution in [2.75, 3.05) is 0 Å². The Morgan fingerprint density at radius 3 is 2.89 bits per heavy atom. The van der Waals surface area contributed by atoms with Crippen LogP contribution in [-0.2, 0) is 9.63 Å². The Bertz CT molecular complexity index is 557. The molecule has 1 aromatic carbocycles. The van der Waals surface area contributed by atoms with E-state index in [9.17, 15) is 14.9 Å². The van der Waals surface area contributed by atoms with E-state index in [4.69, 9.17) is 21.5 Å². The van der Waals surface area contributed by atoms with Crippen molar-refractivity contribution in [3.05, 3.63) is 38.9 Å². The number of rotatable bonds is 3. The van der Waals surface area contributed by atoms with Crippen LogP contribution in [0, 0.1) is 10.1 Å². The molecule has 2 rings (SSSR count). The summed E-state index contributed by atoms with van der Waals surface area (Å²) in [5, 5.41) is 23.3. The van der Waals surface area contributed by atoms with Crippen LogP contribution in [0.3, 0.4) is 0 Å². The molecule has 0 spiro atoms. The summed E-state index contributed by atoms with van der Waals surface area (Å²) in [7, 11) is 0. The molecule has 1 unspecified atom stereocenters. The van der Waals surface area contributed by atoms with E-state index in [1.54, 1.807) is 0 Å². The van der Waals surface area contributed by atoms with Gasteiger partial charge in [0.25, 0.3) is 5.69 Å². The van der Waals surface area contributed by atoms with Crippen LogP contribution >= 0.6 is 11.6 Å². The third kappa shape index (κ3) is 2.25. The van der Waals surface area contributed by atoms with Gasteiger partial charge < -0.3 is 9.94 Å². The van der Waals surface area contributed by atoms with E-state index in [2.05, 4.69) is 5.16 Å². The highest BCUT2D eigenvalue weighted by Gasteiger charge is 2.30. The first-order valence-corrected chi connectivity index (χ1v) is 5.26. The van der Waals surface area contributed by atoms with Crippen molar-refractivity contribution in [3.63, 3.8) is 0 Å². The maximum absolute atomic E-state index is 10.7. The summed E-state index contributed by atoms with van der Waals surface area (Å²) in [5.41, 5.74) is 0.460. The molecule has 0 amide bonds. The molecule has 1 aliphatic rings. The summed E-state index contributed by atoms with van der Waals surface area (Å²) in [6.45, 7) is 0. The van der Waals surface area contributed by atoms with Gasteiger partial charge in [-0.1, -0.05) is 16.8 Å². The minimum Gasteiger partial charge on any atom is -0.478 e. The van der Waals surface area contributed by atoms with Crippen LogP contribution in [0.1, 0.15) is 12.0 Å². The number of carboxylic acids is 1. The Hall–Kier alpha value is -2.15. The van der Waals surface area contributed by atoms with E-state index in [1.807, 2.05) is 0 Å². The summed E-state index contributed by atoms with van der Waals surface area (Å²) in [6.07, 6.45) is -1.05. The van der Waals surface area contributed by atoms with Crippen LogP contribution < -0.4 is 0 Å². The van der Waals surface area contributed by atoms with Gasteiger partial charge in [0.2, 0.25) is 6.10 Å². The highest BCUT2D eigenvalue weighted by molar-refractivity contribution is 6.34. The number of oxime groups is 1. The van der Waals surface area contributed by atoms with E-state index >= 15 is 0 Å². The highest BCUT2D eigenvalue weighted by atomic mass is 35.5. The SMILES string of the molecule is O=C(O)C1CC(c2cc([N+](=O)[O-])ccc2Cl)=NO1. The molecule has 8 heteroatoms. The minimum atomic E-state index is -1.14. The van der Waals surface area contributed by atoms with Crippen LogP contribution in [0.2, 0.25) is 5.02 Å². The van der Waals surface area contributed by atoms with Crippen LogP contribution in [-0.4, -0.2) is 27.8 Å². The van der Waals surface area contributed by atoms with Gasteiger partial charge in [-0.2, -0.15) is 0 Å². The second kappa shape index (κ2) is 4.61. The summed E-state index contributed by atoms with van der Waals surface area (Å²) in [5.74, 6) is -1.14. The minimum absolute atomic E-state index is 0.0240. The Morgan fingerprint density at radius 2 is 2.33 bits per heavy atom. The van der Waals surface area contributed by atoms with Crippen molar-refractivity contribution in [2.24, 2.45) is 5.16 Å². The fraction of sp³-hybridized carbons (Fsp3) is 0.200. The maximum atomic E-state index is 10.7. The van der Waals surface area contributed by atoms with Gasteiger partial charge >= 0.3 is 5.97 Å². The number of carboxylic acid groups (broad SMARTS) is 1. The first kappa shape index (κ1) is 12.3. The van der Waals surface area contributed by atoms with E-state index in [-0.39, 0.29) is 22.8 Å². The molecular formula is C10H7ClN2O5. The van der Waals surface area contributed by atoms with E-state index in [0.29, 0.717) is 5.56 Å². The van der Waals surface area contributed by atoms with Crippen molar-refractivity contribution in [2.45, 2.75) is 12.5 Å². The van der Waals surface area contributed by atoms with Crippen molar-refractivity contribution in [1.82, 2.24) is 0 Å². The zero-order valence-electron chi connectivity index (χ0n) is 8.87. The lowest BCUT2D eigenvalue weighted by molar-refractivity contribution is -0.384. The third-order valence-corrected chi connectivity index (χ3v) is 2.75. The number of benzene rings is 1. The van der Waals surface area contributed by atoms with Crippen molar-refractivity contribution >= 4 is 29.0 Å². The zero-order chi connectivity index (χ0) is 13.3. The molecular weight excluding hydrogens is 264 g/mol. The quantitative estimate of drug-likeness (QED) is 0.667. The smallest absolute Gasteiger partial charge is 0.348 e. The van der Waals surface area contributed by atoms with Crippen molar-refractivity contribution in [3.8, 4) is 0 Å². The van der Waals surface area contributed by atoms with Gasteiger partial charge in [-0.25, -0.2) is 4.79 Å². The van der Waals surface area contributed by atoms with Crippen LogP contribution in [0.15, 0.2) is 23.4 Å². The fourth-order valence-electron chi connectivity index (χ4n) is 1.52. The molecule has 0 saturated heterocycles. The topological polar surface area (TPSA) is 102 Å². The summed E-state index contributed by atoms with van der Waals surface area (Å²) in [6, 6.07) is 3.87. The number of nitro benzene ring substituents is 1. The lowest BCUT2D eigenvalue weighted by Gasteiger charge is -2.02. The molecule has 1 aliphatic heterocycles. The Morgan fingerprint density at radius 1 is 1.61 bits per heavy atom. The largest absolute Gasteiger partial charge is 0.478 e. The fourth-order valence-corrected chi connectivity index (χ4v) is 1.74. The van der Waals surface area contributed by atoms with Crippen molar-refractivity contribution < 1.29 is 19.7 Å². The van der Waals surface area contributed by atoms with Crippen molar-refractivity contribution in [1.29, 1.82) is 0 Å². The molecule has 94 valence electrons. The lowest BCUT2D eigenvalue weighted by Crippen LogP contribution is -2.20. The third-order valence-electron chi connectivity index (χ3n) is 2.42. The molecule has 1 atom stereocenters. The molecule has 0 aliphatic carbocycles. The number of hydrogen-bond acceptors (Lipinski definition) is 5. The predicted molar refractivity (Wildman–Crippen MR) is 61.8 cm³/mol. The molecule has 0 fully saturated rings. The monoisotopic (exact) mass is 270 g/mol. The van der Waals surface area contributed by atoms with Gasteiger partial charge in [-0.05, 0) is 6.07 Å². The number of non-ortho nitro benzene ring substituents is 1. The van der Waals surface area contributed by atoms with Gasteiger partial charge in [-0.15, -0.1) is 0 Å². The van der Waals surface area contributed by atoms with Gasteiger partial charge in [0.15, 0.2) is 0 Å². The first-order chi connectivity index (χ1) is 8.49. The predicted octanol–water partition coefficient (Wildman–Crippen LogP) is 1.83. The molecule has 0 radical (unpaired) electrons. The Labute approximate surface area is 106 Å². The summed E-state index contributed by atoms with van der Waals surface area (Å²) >= 11 is 5.90. The normalized spacial score (nSPS) is 18.1. The molecule has 7 nitrogen and oxygen atoms in total. The number of hydrogen-bond donors (Lipinski definition) is 1. The molecule has 18 heavy (non-hydrogen) atoms. The molecule has 0 saturated carbocycles. The zero-order valence-corrected chi connectivity index (χ0v) is 9.63. The van der Waals surface area contributed by atoms with E-state index in [0.717, 1.165) is 0 Å². The average molecular weight is 271 g/mol. The number of nitro groups is 1. The second-order valence-corrected chi connectivity index (χ2v) is 4.00. The molecule has 0 bridgehead atoms. The molecule has 1 heterocycles. The number of halogens is 1. The number of aliphatic carboxylic acids is 1. The summed E-state index contributed by atoms with van der Waals surface area (Å²) < 4.78 is 0. The van der Waals surface area contributed by atoms with Gasteiger partial charge in [-0.3, -0.25) is 10.1 Å². The molecule has 1 N–H and O–H groups in total. The molecule has 0 aromatic heterocycles.